The van der Waals surface area contributed by atoms with Gasteiger partial charge >= 0.3 is 0 Å². The van der Waals surface area contributed by atoms with E-state index >= 15 is 0 Å². The molecule has 0 saturated carbocycles. The van der Waals surface area contributed by atoms with Crippen molar-refractivity contribution >= 4 is 65.9 Å². The molecule has 258 valence electrons. The summed E-state index contributed by atoms with van der Waals surface area (Å²) in [7, 11) is 0. The normalized spacial score (nSPS) is 14.4. The van der Waals surface area contributed by atoms with Crippen molar-refractivity contribution in [2.24, 2.45) is 9.98 Å². The van der Waals surface area contributed by atoms with Gasteiger partial charge in [0.2, 0.25) is 0 Å². The Balaban J connectivity index is 1.06. The van der Waals surface area contributed by atoms with Crippen LogP contribution < -0.4 is 5.32 Å². The molecule has 1 atom stereocenters. The van der Waals surface area contributed by atoms with Gasteiger partial charge in [-0.25, -0.2) is 9.98 Å². The van der Waals surface area contributed by atoms with E-state index in [4.69, 9.17) is 14.4 Å². The second-order valence-corrected chi connectivity index (χ2v) is 14.2. The van der Waals surface area contributed by atoms with E-state index in [-0.39, 0.29) is 6.17 Å². The molecule has 9 aromatic carbocycles. The number of hydrogen-bond donors (Lipinski definition) is 1. The van der Waals surface area contributed by atoms with E-state index in [9.17, 15) is 0 Å². The second kappa shape index (κ2) is 12.7. The maximum absolute atomic E-state index is 6.61. The molecule has 1 unspecified atom stereocenters. The highest BCUT2D eigenvalue weighted by atomic mass is 16.3. The van der Waals surface area contributed by atoms with Crippen LogP contribution in [0.2, 0.25) is 0 Å². The summed E-state index contributed by atoms with van der Waals surface area (Å²) in [6.45, 7) is 0. The van der Waals surface area contributed by atoms with Crippen molar-refractivity contribution < 1.29 is 4.42 Å². The lowest BCUT2D eigenvalue weighted by Crippen LogP contribution is -2.33. The quantitative estimate of drug-likeness (QED) is 0.194. The van der Waals surface area contributed by atoms with Gasteiger partial charge in [-0.3, -0.25) is 0 Å². The third-order valence-electron chi connectivity index (χ3n) is 10.9. The van der Waals surface area contributed by atoms with Crippen molar-refractivity contribution in [1.82, 2.24) is 5.32 Å². The van der Waals surface area contributed by atoms with Gasteiger partial charge in [0.15, 0.2) is 5.84 Å². The molecule has 0 amide bonds. The van der Waals surface area contributed by atoms with Gasteiger partial charge in [-0.05, 0) is 90.5 Å². The van der Waals surface area contributed by atoms with E-state index in [0.29, 0.717) is 5.84 Å². The number of aliphatic imine (C=N–C) groups is 2. The Morgan fingerprint density at radius 3 is 1.98 bits per heavy atom. The fourth-order valence-corrected chi connectivity index (χ4v) is 8.28. The van der Waals surface area contributed by atoms with Crippen LogP contribution >= 0.6 is 0 Å². The molecule has 4 nitrogen and oxygen atoms in total. The summed E-state index contributed by atoms with van der Waals surface area (Å²) in [5.74, 6) is 1.50. The zero-order chi connectivity index (χ0) is 36.3. The predicted molar refractivity (Wildman–Crippen MR) is 229 cm³/mol. The fourth-order valence-electron chi connectivity index (χ4n) is 8.28. The molecular weight excluding hydrogens is 671 g/mol. The van der Waals surface area contributed by atoms with E-state index in [1.807, 2.05) is 18.2 Å². The standard InChI is InChI=1S/C51H33N3O/c1-2-14-34(15-3-1)49-52-50(37-25-24-32-12-4-5-16-35(32)30-37)54-51(53-49)44-29-28-42(40-19-8-9-20-41(40)44)43-22-11-23-46-48(43)45-27-26-36(31-47(45)55-46)39-21-10-17-33-13-6-7-18-38(33)39/h1-31,50H,(H,52,53,54). The van der Waals surface area contributed by atoms with Crippen molar-refractivity contribution in [1.29, 1.82) is 0 Å². The third kappa shape index (κ3) is 5.30. The maximum Gasteiger partial charge on any atom is 0.160 e. The van der Waals surface area contributed by atoms with Crippen LogP contribution in [0.5, 0.6) is 0 Å². The summed E-state index contributed by atoms with van der Waals surface area (Å²) in [5.41, 5.74) is 9.44. The molecule has 4 heteroatoms. The van der Waals surface area contributed by atoms with Crippen LogP contribution in [0, 0.1) is 0 Å². The minimum Gasteiger partial charge on any atom is -0.456 e. The summed E-state index contributed by atoms with van der Waals surface area (Å²) < 4.78 is 6.61. The molecule has 55 heavy (non-hydrogen) atoms. The van der Waals surface area contributed by atoms with Crippen molar-refractivity contribution in [2.45, 2.75) is 6.17 Å². The zero-order valence-corrected chi connectivity index (χ0v) is 29.8. The van der Waals surface area contributed by atoms with Gasteiger partial charge in [0, 0.05) is 21.9 Å². The highest BCUT2D eigenvalue weighted by Crippen LogP contribution is 2.42. The minimum atomic E-state index is -0.310. The van der Waals surface area contributed by atoms with E-state index in [0.717, 1.165) is 71.9 Å². The lowest BCUT2D eigenvalue weighted by molar-refractivity contribution is 0.669. The molecule has 0 radical (unpaired) electrons. The lowest BCUT2D eigenvalue weighted by atomic mass is 9.91. The summed E-state index contributed by atoms with van der Waals surface area (Å²) in [6, 6.07) is 66.3. The minimum absolute atomic E-state index is 0.310. The first-order chi connectivity index (χ1) is 27.2. The number of amidine groups is 2. The molecular formula is C51H33N3O. The van der Waals surface area contributed by atoms with Gasteiger partial charge < -0.3 is 9.73 Å². The summed E-state index contributed by atoms with van der Waals surface area (Å²) in [6.07, 6.45) is -0.310. The Bertz CT molecular complexity index is 3190. The smallest absolute Gasteiger partial charge is 0.160 e. The van der Waals surface area contributed by atoms with Crippen LogP contribution in [0.25, 0.3) is 76.5 Å². The molecule has 2 heterocycles. The summed E-state index contributed by atoms with van der Waals surface area (Å²) in [4.78, 5) is 10.5. The molecule has 0 fully saturated rings. The average Bonchev–Trinajstić information content (AvgIpc) is 3.64. The number of furan rings is 1. The third-order valence-corrected chi connectivity index (χ3v) is 10.9. The van der Waals surface area contributed by atoms with Crippen LogP contribution in [-0.4, -0.2) is 11.7 Å². The van der Waals surface area contributed by atoms with Crippen LogP contribution in [0.4, 0.5) is 0 Å². The molecule has 1 N–H and O–H groups in total. The number of nitrogens with zero attached hydrogens (tertiary/aromatic N) is 2. The molecule has 0 spiro atoms. The first-order valence-electron chi connectivity index (χ1n) is 18.7. The first kappa shape index (κ1) is 31.2. The monoisotopic (exact) mass is 703 g/mol. The summed E-state index contributed by atoms with van der Waals surface area (Å²) >= 11 is 0. The lowest BCUT2D eigenvalue weighted by Gasteiger charge is -2.24. The van der Waals surface area contributed by atoms with Crippen molar-refractivity contribution in [3.8, 4) is 22.3 Å². The number of nitrogens with one attached hydrogen (secondary N) is 1. The van der Waals surface area contributed by atoms with Gasteiger partial charge in [-0.1, -0.05) is 158 Å². The largest absolute Gasteiger partial charge is 0.456 e. The van der Waals surface area contributed by atoms with Gasteiger partial charge in [0.25, 0.3) is 0 Å². The van der Waals surface area contributed by atoms with Crippen LogP contribution in [0.15, 0.2) is 202 Å². The average molecular weight is 704 g/mol. The highest BCUT2D eigenvalue weighted by molar-refractivity contribution is 6.21. The predicted octanol–water partition coefficient (Wildman–Crippen LogP) is 12.9. The Labute approximate surface area is 317 Å². The zero-order valence-electron chi connectivity index (χ0n) is 29.8. The number of rotatable bonds is 5. The van der Waals surface area contributed by atoms with E-state index in [2.05, 4.69) is 175 Å². The number of benzene rings is 9. The molecule has 0 saturated heterocycles. The highest BCUT2D eigenvalue weighted by Gasteiger charge is 2.24. The Hall–Kier alpha value is -7.30. The maximum atomic E-state index is 6.61. The SMILES string of the molecule is c1ccc(C2=NC(c3ccc(-c4cccc5oc6cc(-c7cccc8ccccc78)ccc6c45)c4ccccc34)=NC(c3ccc4ccccc4c3)N2)cc1. The van der Waals surface area contributed by atoms with Crippen molar-refractivity contribution in [3.63, 3.8) is 0 Å². The molecule has 1 aliphatic rings. The molecule has 10 aromatic rings. The van der Waals surface area contributed by atoms with E-state index < -0.39 is 0 Å². The van der Waals surface area contributed by atoms with Crippen LogP contribution in [0.3, 0.4) is 0 Å². The van der Waals surface area contributed by atoms with Crippen LogP contribution in [0.1, 0.15) is 22.9 Å². The first-order valence-corrected chi connectivity index (χ1v) is 18.7. The number of fused-ring (bicyclic) bond motifs is 6. The molecule has 0 bridgehead atoms. The Kier molecular flexibility index (Phi) is 7.20. The molecule has 11 rings (SSSR count). The Morgan fingerprint density at radius 1 is 0.418 bits per heavy atom. The second-order valence-electron chi connectivity index (χ2n) is 14.2. The van der Waals surface area contributed by atoms with E-state index in [1.54, 1.807) is 0 Å². The topological polar surface area (TPSA) is 49.9 Å². The van der Waals surface area contributed by atoms with Crippen LogP contribution in [-0.2, 0) is 0 Å². The number of hydrogen-bond acceptors (Lipinski definition) is 4. The molecule has 0 aliphatic carbocycles. The van der Waals surface area contributed by atoms with Crippen molar-refractivity contribution in [3.05, 3.63) is 205 Å². The van der Waals surface area contributed by atoms with Gasteiger partial charge in [0.05, 0.1) is 0 Å². The van der Waals surface area contributed by atoms with Gasteiger partial charge in [0.1, 0.15) is 23.2 Å². The molecule has 1 aromatic heterocycles. The molecule has 1 aliphatic heterocycles. The van der Waals surface area contributed by atoms with E-state index in [1.165, 1.54) is 27.1 Å². The fraction of sp³-hybridized carbons (Fsp3) is 0.0196. The van der Waals surface area contributed by atoms with Crippen molar-refractivity contribution in [2.75, 3.05) is 0 Å². The summed E-state index contributed by atoms with van der Waals surface area (Å²) in [5, 5.41) is 12.9. The van der Waals surface area contributed by atoms with Gasteiger partial charge in [-0.15, -0.1) is 0 Å². The Morgan fingerprint density at radius 2 is 1.11 bits per heavy atom. The van der Waals surface area contributed by atoms with Gasteiger partial charge in [-0.2, -0.15) is 0 Å².